The lowest BCUT2D eigenvalue weighted by molar-refractivity contribution is -0.154. The average molecular weight is 303 g/mol. The van der Waals surface area contributed by atoms with Crippen LogP contribution in [-0.2, 0) is 9.53 Å². The van der Waals surface area contributed by atoms with Crippen LogP contribution in [0, 0.1) is 5.82 Å². The Bertz CT molecular complexity index is 436. The molecule has 0 bridgehead atoms. The first kappa shape index (κ1) is 12.5. The largest absolute Gasteiger partial charge is 0.484 e. The molecule has 1 aromatic carbocycles. The second-order valence-electron chi connectivity index (χ2n) is 3.78. The summed E-state index contributed by atoms with van der Waals surface area (Å²) in [5.74, 6) is -0.293. The molecule has 5 heteroatoms. The average Bonchev–Trinajstić information content (AvgIpc) is 2.28. The van der Waals surface area contributed by atoms with Crippen molar-refractivity contribution in [3.8, 4) is 5.75 Å². The minimum atomic E-state index is -0.553. The zero-order valence-corrected chi connectivity index (χ0v) is 10.9. The van der Waals surface area contributed by atoms with Crippen molar-refractivity contribution in [1.29, 1.82) is 0 Å². The van der Waals surface area contributed by atoms with E-state index in [0.29, 0.717) is 11.1 Å². The van der Waals surface area contributed by atoms with Gasteiger partial charge in [-0.05, 0) is 25.1 Å². The highest BCUT2D eigenvalue weighted by Crippen LogP contribution is 2.28. The van der Waals surface area contributed by atoms with Crippen LogP contribution in [0.1, 0.15) is 13.3 Å². The molecule has 0 radical (unpaired) electrons. The van der Waals surface area contributed by atoms with Crippen LogP contribution in [0.3, 0.4) is 0 Å². The van der Waals surface area contributed by atoms with Gasteiger partial charge in [0.1, 0.15) is 6.10 Å². The van der Waals surface area contributed by atoms with Crippen LogP contribution >= 0.6 is 15.9 Å². The van der Waals surface area contributed by atoms with Crippen molar-refractivity contribution in [3.63, 3.8) is 0 Å². The second kappa shape index (κ2) is 5.14. The molecule has 17 heavy (non-hydrogen) atoms. The summed E-state index contributed by atoms with van der Waals surface area (Å²) in [5.41, 5.74) is 0. The molecule has 0 amide bonds. The molecule has 0 aliphatic heterocycles. The van der Waals surface area contributed by atoms with E-state index in [9.17, 15) is 9.18 Å². The monoisotopic (exact) mass is 302 g/mol. The van der Waals surface area contributed by atoms with Gasteiger partial charge in [-0.3, -0.25) is 4.79 Å². The van der Waals surface area contributed by atoms with Crippen molar-refractivity contribution < 1.29 is 18.7 Å². The van der Waals surface area contributed by atoms with Gasteiger partial charge >= 0.3 is 0 Å². The van der Waals surface area contributed by atoms with Gasteiger partial charge in [0, 0.05) is 17.5 Å². The van der Waals surface area contributed by atoms with Gasteiger partial charge in [0.25, 0.3) is 0 Å². The SMILES string of the molecule is CCOC1C(=O)CC1Oc1ccc(Br)cc1F. The summed E-state index contributed by atoms with van der Waals surface area (Å²) in [6.45, 7) is 2.25. The van der Waals surface area contributed by atoms with Crippen LogP contribution in [-0.4, -0.2) is 24.6 Å². The first-order valence-electron chi connectivity index (χ1n) is 5.38. The lowest BCUT2D eigenvalue weighted by atomic mass is 9.90. The maximum atomic E-state index is 13.5. The minimum Gasteiger partial charge on any atom is -0.484 e. The highest BCUT2D eigenvalue weighted by atomic mass is 79.9. The van der Waals surface area contributed by atoms with Gasteiger partial charge in [0.15, 0.2) is 23.5 Å². The molecule has 0 saturated heterocycles. The van der Waals surface area contributed by atoms with Crippen LogP contribution in [0.2, 0.25) is 0 Å². The van der Waals surface area contributed by atoms with E-state index in [4.69, 9.17) is 9.47 Å². The van der Waals surface area contributed by atoms with Gasteiger partial charge in [0.2, 0.25) is 0 Å². The smallest absolute Gasteiger partial charge is 0.169 e. The van der Waals surface area contributed by atoms with Crippen molar-refractivity contribution in [2.75, 3.05) is 6.61 Å². The molecule has 1 fully saturated rings. The highest BCUT2D eigenvalue weighted by Gasteiger charge is 2.42. The summed E-state index contributed by atoms with van der Waals surface area (Å²) in [4.78, 5) is 11.3. The number of Topliss-reactive ketones (excluding diaryl/α,β-unsaturated/α-hetero) is 1. The molecular weight excluding hydrogens is 291 g/mol. The number of benzene rings is 1. The molecule has 92 valence electrons. The molecular formula is C12H12BrFO3. The quantitative estimate of drug-likeness (QED) is 0.858. The fraction of sp³-hybridized carbons (Fsp3) is 0.417. The number of hydrogen-bond acceptors (Lipinski definition) is 3. The van der Waals surface area contributed by atoms with E-state index in [2.05, 4.69) is 15.9 Å². The molecule has 0 spiro atoms. The van der Waals surface area contributed by atoms with Crippen molar-refractivity contribution in [2.45, 2.75) is 25.6 Å². The Labute approximate surface area is 107 Å². The Kier molecular flexibility index (Phi) is 3.79. The summed E-state index contributed by atoms with van der Waals surface area (Å²) in [5, 5.41) is 0. The molecule has 0 heterocycles. The van der Waals surface area contributed by atoms with Gasteiger partial charge in [-0.25, -0.2) is 4.39 Å². The molecule has 1 aromatic rings. The lowest BCUT2D eigenvalue weighted by Gasteiger charge is -2.34. The van der Waals surface area contributed by atoms with E-state index >= 15 is 0 Å². The van der Waals surface area contributed by atoms with E-state index < -0.39 is 11.9 Å². The Balaban J connectivity index is 2.04. The Hall–Kier alpha value is -0.940. The third kappa shape index (κ3) is 2.66. The molecule has 1 aliphatic carbocycles. The normalized spacial score (nSPS) is 23.4. The number of rotatable bonds is 4. The van der Waals surface area contributed by atoms with Crippen molar-refractivity contribution in [3.05, 3.63) is 28.5 Å². The maximum absolute atomic E-state index is 13.5. The fourth-order valence-corrected chi connectivity index (χ4v) is 2.02. The third-order valence-electron chi connectivity index (χ3n) is 2.58. The van der Waals surface area contributed by atoms with Gasteiger partial charge < -0.3 is 9.47 Å². The molecule has 2 rings (SSSR count). The number of hydrogen-bond donors (Lipinski definition) is 0. The predicted molar refractivity (Wildman–Crippen MR) is 63.6 cm³/mol. The van der Waals surface area contributed by atoms with Crippen molar-refractivity contribution >= 4 is 21.7 Å². The van der Waals surface area contributed by atoms with E-state index in [1.165, 1.54) is 12.1 Å². The third-order valence-corrected chi connectivity index (χ3v) is 3.07. The molecule has 3 nitrogen and oxygen atoms in total. The standard InChI is InChI=1S/C12H12BrFO3/c1-2-16-12-9(15)6-11(12)17-10-4-3-7(13)5-8(10)14/h3-5,11-12H,2,6H2,1H3. The summed E-state index contributed by atoms with van der Waals surface area (Å²) in [7, 11) is 0. The first-order valence-corrected chi connectivity index (χ1v) is 6.17. The molecule has 1 aliphatic rings. The van der Waals surface area contributed by atoms with E-state index in [-0.39, 0.29) is 24.1 Å². The highest BCUT2D eigenvalue weighted by molar-refractivity contribution is 9.10. The predicted octanol–water partition coefficient (Wildman–Crippen LogP) is 2.71. The van der Waals surface area contributed by atoms with Crippen molar-refractivity contribution in [2.24, 2.45) is 0 Å². The molecule has 0 aromatic heterocycles. The molecule has 2 unspecified atom stereocenters. The van der Waals surface area contributed by atoms with Gasteiger partial charge in [-0.1, -0.05) is 15.9 Å². The zero-order chi connectivity index (χ0) is 12.4. The van der Waals surface area contributed by atoms with Gasteiger partial charge in [-0.2, -0.15) is 0 Å². The minimum absolute atomic E-state index is 0.00868. The number of ketones is 1. The topological polar surface area (TPSA) is 35.5 Å². The number of carbonyl (C=O) groups is 1. The summed E-state index contributed by atoms with van der Waals surface area (Å²) < 4.78 is 24.8. The van der Waals surface area contributed by atoms with E-state index in [1.807, 2.05) is 6.92 Å². The van der Waals surface area contributed by atoms with Crippen LogP contribution < -0.4 is 4.74 Å². The zero-order valence-electron chi connectivity index (χ0n) is 9.28. The van der Waals surface area contributed by atoms with E-state index in [0.717, 1.165) is 0 Å². The maximum Gasteiger partial charge on any atom is 0.169 e. The molecule has 1 saturated carbocycles. The first-order chi connectivity index (χ1) is 8.11. The number of ether oxygens (including phenoxy) is 2. The molecule has 2 atom stereocenters. The van der Waals surface area contributed by atoms with Gasteiger partial charge in [-0.15, -0.1) is 0 Å². The van der Waals surface area contributed by atoms with E-state index in [1.54, 1.807) is 6.07 Å². The van der Waals surface area contributed by atoms with Crippen LogP contribution in [0.4, 0.5) is 4.39 Å². The summed E-state index contributed by atoms with van der Waals surface area (Å²) >= 11 is 3.17. The summed E-state index contributed by atoms with van der Waals surface area (Å²) in [6.07, 6.45) is -0.652. The van der Waals surface area contributed by atoms with Crippen LogP contribution in [0.5, 0.6) is 5.75 Å². The lowest BCUT2D eigenvalue weighted by Crippen LogP contribution is -2.52. The Morgan fingerprint density at radius 1 is 1.53 bits per heavy atom. The Morgan fingerprint density at radius 2 is 2.29 bits per heavy atom. The van der Waals surface area contributed by atoms with Crippen molar-refractivity contribution in [1.82, 2.24) is 0 Å². The number of halogens is 2. The second-order valence-corrected chi connectivity index (χ2v) is 4.69. The van der Waals surface area contributed by atoms with Crippen LogP contribution in [0.15, 0.2) is 22.7 Å². The van der Waals surface area contributed by atoms with Gasteiger partial charge in [0.05, 0.1) is 0 Å². The summed E-state index contributed by atoms with van der Waals surface area (Å²) in [6, 6.07) is 4.55. The van der Waals surface area contributed by atoms with Crippen LogP contribution in [0.25, 0.3) is 0 Å². The Morgan fingerprint density at radius 3 is 2.88 bits per heavy atom. The fourth-order valence-electron chi connectivity index (χ4n) is 1.69. The molecule has 0 N–H and O–H groups in total. The number of carbonyl (C=O) groups excluding carboxylic acids is 1.